The third kappa shape index (κ3) is 4.46. The van der Waals surface area contributed by atoms with Gasteiger partial charge in [0, 0.05) is 49.6 Å². The van der Waals surface area contributed by atoms with Crippen LogP contribution < -0.4 is 15.5 Å². The molecule has 142 valence electrons. The lowest BCUT2D eigenvalue weighted by molar-refractivity contribution is 0.0950. The van der Waals surface area contributed by atoms with Crippen LogP contribution in [0.4, 0.5) is 17.2 Å². The van der Waals surface area contributed by atoms with Gasteiger partial charge in [-0.2, -0.15) is 0 Å². The van der Waals surface area contributed by atoms with Crippen LogP contribution in [-0.4, -0.2) is 29.0 Å². The molecule has 1 saturated heterocycles. The maximum absolute atomic E-state index is 12.3. The first kappa shape index (κ1) is 18.0. The molecule has 1 aliphatic rings. The van der Waals surface area contributed by atoms with Gasteiger partial charge in [0.25, 0.3) is 5.91 Å². The first-order valence-electron chi connectivity index (χ1n) is 9.53. The summed E-state index contributed by atoms with van der Waals surface area (Å²) in [5, 5.41) is 6.16. The molecule has 0 unspecified atom stereocenters. The first-order chi connectivity index (χ1) is 13.8. The van der Waals surface area contributed by atoms with Gasteiger partial charge in [-0.05, 0) is 66.9 Å². The van der Waals surface area contributed by atoms with Crippen molar-refractivity contribution < 1.29 is 4.79 Å². The molecule has 0 spiro atoms. The average molecular weight is 373 g/mol. The third-order valence-corrected chi connectivity index (χ3v) is 4.84. The van der Waals surface area contributed by atoms with Crippen LogP contribution in [0, 0.1) is 0 Å². The summed E-state index contributed by atoms with van der Waals surface area (Å²) in [6, 6.07) is 15.7. The third-order valence-electron chi connectivity index (χ3n) is 4.84. The molecule has 0 radical (unpaired) electrons. The summed E-state index contributed by atoms with van der Waals surface area (Å²) < 4.78 is 0. The Bertz CT molecular complexity index is 904. The number of nitrogens with one attached hydrogen (secondary N) is 2. The number of carbonyl (C=O) groups excluding carboxylic acids is 1. The van der Waals surface area contributed by atoms with Gasteiger partial charge in [-0.25, -0.2) is 4.98 Å². The van der Waals surface area contributed by atoms with Gasteiger partial charge >= 0.3 is 0 Å². The number of anilines is 3. The zero-order valence-electron chi connectivity index (χ0n) is 15.6. The molecule has 1 aromatic carbocycles. The van der Waals surface area contributed by atoms with E-state index >= 15 is 0 Å². The van der Waals surface area contributed by atoms with Crippen molar-refractivity contribution >= 4 is 23.1 Å². The van der Waals surface area contributed by atoms with Crippen LogP contribution in [0.2, 0.25) is 0 Å². The molecule has 0 aliphatic carbocycles. The Hall–Kier alpha value is -3.41. The van der Waals surface area contributed by atoms with Gasteiger partial charge in [-0.15, -0.1) is 0 Å². The van der Waals surface area contributed by atoms with Crippen molar-refractivity contribution in [3.05, 3.63) is 78.2 Å². The van der Waals surface area contributed by atoms with Gasteiger partial charge in [-0.1, -0.05) is 0 Å². The maximum Gasteiger partial charge on any atom is 0.253 e. The number of carbonyl (C=O) groups is 1. The number of hydrogen-bond acceptors (Lipinski definition) is 5. The molecule has 1 amide bonds. The molecule has 4 rings (SSSR count). The van der Waals surface area contributed by atoms with Crippen LogP contribution in [-0.2, 0) is 6.54 Å². The summed E-state index contributed by atoms with van der Waals surface area (Å²) in [5.41, 5.74) is 3.78. The molecule has 0 atom stereocenters. The topological polar surface area (TPSA) is 70.2 Å². The van der Waals surface area contributed by atoms with Crippen LogP contribution in [0.1, 0.15) is 28.8 Å². The molecular formula is C22H23N5O. The first-order valence-corrected chi connectivity index (χ1v) is 9.53. The molecule has 28 heavy (non-hydrogen) atoms. The van der Waals surface area contributed by atoms with Crippen LogP contribution >= 0.6 is 0 Å². The fraction of sp³-hybridized carbons (Fsp3) is 0.227. The van der Waals surface area contributed by atoms with Gasteiger partial charge in [0.1, 0.15) is 5.82 Å². The van der Waals surface area contributed by atoms with Crippen molar-refractivity contribution in [1.29, 1.82) is 0 Å². The molecule has 3 aromatic rings. The average Bonchev–Trinajstić information content (AvgIpc) is 3.29. The Labute approximate surface area is 164 Å². The minimum Gasteiger partial charge on any atom is -0.372 e. The second-order valence-electron chi connectivity index (χ2n) is 6.84. The molecule has 6 nitrogen and oxygen atoms in total. The standard InChI is InChI=1S/C22H23N5O/c28-22(25-15-17-9-11-23-12-10-17)18-3-8-21(24-16-18)26-19-4-6-20(7-5-19)27-13-1-2-14-27/h3-12,16H,1-2,13-15H2,(H,24,26)(H,25,28). The highest BCUT2D eigenvalue weighted by atomic mass is 16.1. The van der Waals surface area contributed by atoms with Gasteiger partial charge in [0.05, 0.1) is 5.56 Å². The van der Waals surface area contributed by atoms with Gasteiger partial charge in [0.15, 0.2) is 0 Å². The van der Waals surface area contributed by atoms with Crippen molar-refractivity contribution in [3.63, 3.8) is 0 Å². The fourth-order valence-corrected chi connectivity index (χ4v) is 3.27. The molecule has 2 N–H and O–H groups in total. The van der Waals surface area contributed by atoms with E-state index in [1.807, 2.05) is 18.2 Å². The highest BCUT2D eigenvalue weighted by molar-refractivity contribution is 5.94. The SMILES string of the molecule is O=C(NCc1ccncc1)c1ccc(Nc2ccc(N3CCCC3)cc2)nc1. The van der Waals surface area contributed by atoms with E-state index in [4.69, 9.17) is 0 Å². The number of aromatic nitrogens is 2. The Morgan fingerprint density at radius 1 is 0.964 bits per heavy atom. The zero-order valence-corrected chi connectivity index (χ0v) is 15.6. The lowest BCUT2D eigenvalue weighted by atomic mass is 10.2. The minimum absolute atomic E-state index is 0.147. The maximum atomic E-state index is 12.3. The van der Waals surface area contributed by atoms with Crippen molar-refractivity contribution in [2.24, 2.45) is 0 Å². The fourth-order valence-electron chi connectivity index (χ4n) is 3.27. The van der Waals surface area contributed by atoms with Gasteiger partial charge < -0.3 is 15.5 Å². The number of nitrogens with zero attached hydrogens (tertiary/aromatic N) is 3. The molecule has 1 aliphatic heterocycles. The molecule has 0 bridgehead atoms. The largest absolute Gasteiger partial charge is 0.372 e. The van der Waals surface area contributed by atoms with Crippen LogP contribution in [0.25, 0.3) is 0 Å². The molecule has 1 fully saturated rings. The Morgan fingerprint density at radius 2 is 1.71 bits per heavy atom. The summed E-state index contributed by atoms with van der Waals surface area (Å²) in [7, 11) is 0. The van der Waals surface area contributed by atoms with Gasteiger partial charge in [-0.3, -0.25) is 9.78 Å². The number of rotatable bonds is 6. The predicted octanol–water partition coefficient (Wildman–Crippen LogP) is 3.75. The molecule has 6 heteroatoms. The van der Waals surface area contributed by atoms with Crippen molar-refractivity contribution in [2.45, 2.75) is 19.4 Å². The van der Waals surface area contributed by atoms with Crippen LogP contribution in [0.5, 0.6) is 0 Å². The summed E-state index contributed by atoms with van der Waals surface area (Å²) in [4.78, 5) is 23.0. The van der Waals surface area contributed by atoms with E-state index in [1.54, 1.807) is 24.7 Å². The van der Waals surface area contributed by atoms with Gasteiger partial charge in [0.2, 0.25) is 0 Å². The summed E-state index contributed by atoms with van der Waals surface area (Å²) in [5.74, 6) is 0.561. The predicted molar refractivity (Wildman–Crippen MR) is 111 cm³/mol. The van der Waals surface area contributed by atoms with E-state index < -0.39 is 0 Å². The Kier molecular flexibility index (Phi) is 5.47. The minimum atomic E-state index is -0.147. The monoisotopic (exact) mass is 373 g/mol. The smallest absolute Gasteiger partial charge is 0.253 e. The second-order valence-corrected chi connectivity index (χ2v) is 6.84. The van der Waals surface area contributed by atoms with E-state index in [1.165, 1.54) is 18.5 Å². The van der Waals surface area contributed by atoms with Crippen LogP contribution in [0.15, 0.2) is 67.1 Å². The van der Waals surface area contributed by atoms with E-state index in [2.05, 4.69) is 49.8 Å². The van der Waals surface area contributed by atoms with E-state index in [9.17, 15) is 4.79 Å². The van der Waals surface area contributed by atoms with E-state index in [0.717, 1.165) is 24.3 Å². The van der Waals surface area contributed by atoms with Crippen LogP contribution in [0.3, 0.4) is 0 Å². The highest BCUT2D eigenvalue weighted by Crippen LogP contribution is 2.23. The molecule has 2 aromatic heterocycles. The molecular weight excluding hydrogens is 350 g/mol. The summed E-state index contributed by atoms with van der Waals surface area (Å²) >= 11 is 0. The summed E-state index contributed by atoms with van der Waals surface area (Å²) in [6.45, 7) is 2.74. The molecule has 3 heterocycles. The second kappa shape index (κ2) is 8.52. The highest BCUT2D eigenvalue weighted by Gasteiger charge is 2.12. The lowest BCUT2D eigenvalue weighted by Crippen LogP contribution is -2.22. The Balaban J connectivity index is 1.33. The number of amides is 1. The van der Waals surface area contributed by atoms with Crippen molar-refractivity contribution in [2.75, 3.05) is 23.3 Å². The van der Waals surface area contributed by atoms with Crippen molar-refractivity contribution in [3.8, 4) is 0 Å². The lowest BCUT2D eigenvalue weighted by Gasteiger charge is -2.17. The summed E-state index contributed by atoms with van der Waals surface area (Å²) in [6.07, 6.45) is 7.55. The quantitative estimate of drug-likeness (QED) is 0.689. The zero-order chi connectivity index (χ0) is 19.2. The van der Waals surface area contributed by atoms with Crippen molar-refractivity contribution in [1.82, 2.24) is 15.3 Å². The normalized spacial score (nSPS) is 13.4. The van der Waals surface area contributed by atoms with E-state index in [0.29, 0.717) is 17.9 Å². The number of hydrogen-bond donors (Lipinski definition) is 2. The number of pyridine rings is 2. The van der Waals surface area contributed by atoms with E-state index in [-0.39, 0.29) is 5.91 Å². The molecule has 0 saturated carbocycles. The Morgan fingerprint density at radius 3 is 2.39 bits per heavy atom. The number of benzene rings is 1.